The molecule has 0 fully saturated rings. The van der Waals surface area contributed by atoms with Gasteiger partial charge in [-0.25, -0.2) is 9.97 Å². The van der Waals surface area contributed by atoms with E-state index in [4.69, 9.17) is 9.84 Å². The molecular weight excluding hydrogens is 304 g/mol. The summed E-state index contributed by atoms with van der Waals surface area (Å²) >= 11 is 0. The minimum Gasteiger partial charge on any atom is -0.493 e. The highest BCUT2D eigenvalue weighted by atomic mass is 16.5. The Bertz CT molecular complexity index is 830. The molecule has 1 aromatic carbocycles. The minimum atomic E-state index is -0.951. The van der Waals surface area contributed by atoms with E-state index >= 15 is 0 Å². The Hall–Kier alpha value is -2.87. The van der Waals surface area contributed by atoms with Crippen molar-refractivity contribution in [1.29, 1.82) is 0 Å². The lowest BCUT2D eigenvalue weighted by atomic mass is 9.79. The van der Waals surface area contributed by atoms with Crippen LogP contribution in [-0.2, 0) is 16.6 Å². The van der Waals surface area contributed by atoms with Crippen LogP contribution in [0.15, 0.2) is 30.6 Å². The van der Waals surface area contributed by atoms with Crippen molar-refractivity contribution in [2.75, 3.05) is 6.61 Å². The normalized spacial score (nSPS) is 14.8. The molecule has 2 heterocycles. The van der Waals surface area contributed by atoms with Crippen LogP contribution in [-0.4, -0.2) is 27.7 Å². The Balaban J connectivity index is 1.82. The van der Waals surface area contributed by atoms with Crippen LogP contribution >= 0.6 is 0 Å². The number of carbonyl (C=O) groups is 1. The molecule has 3 rings (SSSR count). The molecule has 5 heteroatoms. The van der Waals surface area contributed by atoms with E-state index in [2.05, 4.69) is 41.7 Å². The van der Waals surface area contributed by atoms with E-state index in [-0.39, 0.29) is 17.7 Å². The molecule has 122 valence electrons. The van der Waals surface area contributed by atoms with E-state index in [1.807, 2.05) is 12.1 Å². The van der Waals surface area contributed by atoms with Gasteiger partial charge in [0.2, 0.25) is 0 Å². The molecule has 1 aliphatic rings. The van der Waals surface area contributed by atoms with Gasteiger partial charge in [-0.1, -0.05) is 25.7 Å². The Labute approximate surface area is 140 Å². The van der Waals surface area contributed by atoms with Gasteiger partial charge < -0.3 is 9.84 Å². The summed E-state index contributed by atoms with van der Waals surface area (Å²) in [6, 6.07) is 5.97. The Morgan fingerprint density at radius 3 is 2.67 bits per heavy atom. The van der Waals surface area contributed by atoms with Gasteiger partial charge in [0.05, 0.1) is 12.2 Å². The van der Waals surface area contributed by atoms with Crippen molar-refractivity contribution in [3.05, 3.63) is 53.1 Å². The van der Waals surface area contributed by atoms with E-state index in [1.54, 1.807) is 12.4 Å². The second-order valence-corrected chi connectivity index (χ2v) is 6.40. The van der Waals surface area contributed by atoms with Gasteiger partial charge in [-0.2, -0.15) is 0 Å². The highest BCUT2D eigenvalue weighted by Crippen LogP contribution is 2.38. The fourth-order valence-electron chi connectivity index (χ4n) is 2.60. The summed E-state index contributed by atoms with van der Waals surface area (Å²) in [5.74, 6) is 6.38. The fraction of sp³-hybridized carbons (Fsp3) is 0.316. The average molecular weight is 322 g/mol. The first kappa shape index (κ1) is 16.0. The van der Waals surface area contributed by atoms with Crippen LogP contribution in [0.1, 0.15) is 42.8 Å². The van der Waals surface area contributed by atoms with Crippen LogP contribution in [0.2, 0.25) is 0 Å². The number of aliphatic carboxylic acids is 1. The lowest BCUT2D eigenvalue weighted by molar-refractivity contribution is -0.136. The topological polar surface area (TPSA) is 72.3 Å². The lowest BCUT2D eigenvalue weighted by Crippen LogP contribution is -2.26. The Morgan fingerprint density at radius 2 is 1.96 bits per heavy atom. The van der Waals surface area contributed by atoms with Gasteiger partial charge in [0.25, 0.3) is 0 Å². The van der Waals surface area contributed by atoms with Crippen LogP contribution in [0, 0.1) is 11.8 Å². The number of hydrogen-bond donors (Lipinski definition) is 1. The highest BCUT2D eigenvalue weighted by Gasteiger charge is 2.28. The van der Waals surface area contributed by atoms with Crippen molar-refractivity contribution < 1.29 is 14.6 Å². The number of fused-ring (bicyclic) bond motifs is 1. The molecule has 0 unspecified atom stereocenters. The number of ether oxygens (including phenoxy) is 1. The monoisotopic (exact) mass is 322 g/mol. The van der Waals surface area contributed by atoms with E-state index in [0.29, 0.717) is 5.56 Å². The number of carboxylic acids is 1. The number of rotatable bonds is 2. The molecular formula is C19H18N2O3. The number of benzene rings is 1. The molecule has 1 N–H and O–H groups in total. The summed E-state index contributed by atoms with van der Waals surface area (Å²) in [4.78, 5) is 18.6. The van der Waals surface area contributed by atoms with E-state index in [1.165, 1.54) is 5.56 Å². The van der Waals surface area contributed by atoms with Crippen LogP contribution < -0.4 is 4.74 Å². The van der Waals surface area contributed by atoms with Crippen LogP contribution in [0.5, 0.6) is 5.75 Å². The summed E-state index contributed by atoms with van der Waals surface area (Å²) in [5, 5.41) is 8.71. The number of carboxylic acid groups (broad SMARTS) is 1. The lowest BCUT2D eigenvalue weighted by Gasteiger charge is -2.32. The zero-order valence-electron chi connectivity index (χ0n) is 13.7. The quantitative estimate of drug-likeness (QED) is 0.860. The molecule has 1 aliphatic heterocycles. The first-order valence-electron chi connectivity index (χ1n) is 7.76. The standard InChI is InChI=1S/C19H18N2O3/c1-19(2)7-8-24-16-6-5-13(9-15(16)19)3-4-14-11-20-17(21-12-14)10-18(22)23/h5-6,9,11-12H,7-8,10H2,1-2H3,(H,22,23). The molecule has 0 aliphatic carbocycles. The molecule has 0 amide bonds. The zero-order chi connectivity index (χ0) is 17.2. The molecule has 5 nitrogen and oxygen atoms in total. The summed E-state index contributed by atoms with van der Waals surface area (Å²) in [7, 11) is 0. The van der Waals surface area contributed by atoms with Crippen molar-refractivity contribution in [1.82, 2.24) is 9.97 Å². The van der Waals surface area contributed by atoms with Crippen molar-refractivity contribution in [3.8, 4) is 17.6 Å². The molecule has 0 saturated carbocycles. The van der Waals surface area contributed by atoms with Crippen LogP contribution in [0.3, 0.4) is 0 Å². The molecule has 0 atom stereocenters. The summed E-state index contributed by atoms with van der Waals surface area (Å²) in [5.41, 5.74) is 2.81. The van der Waals surface area contributed by atoms with E-state index in [0.717, 1.165) is 24.3 Å². The van der Waals surface area contributed by atoms with E-state index in [9.17, 15) is 4.79 Å². The second-order valence-electron chi connectivity index (χ2n) is 6.40. The zero-order valence-corrected chi connectivity index (χ0v) is 13.7. The van der Waals surface area contributed by atoms with Gasteiger partial charge >= 0.3 is 5.97 Å². The van der Waals surface area contributed by atoms with Gasteiger partial charge in [-0.3, -0.25) is 4.79 Å². The molecule has 0 bridgehead atoms. The predicted octanol–water partition coefficient (Wildman–Crippen LogP) is 2.56. The highest BCUT2D eigenvalue weighted by molar-refractivity contribution is 5.68. The largest absolute Gasteiger partial charge is 0.493 e. The van der Waals surface area contributed by atoms with Gasteiger partial charge in [-0.05, 0) is 30.0 Å². The number of nitrogens with zero attached hydrogens (tertiary/aromatic N) is 2. The first-order chi connectivity index (χ1) is 11.4. The third-order valence-electron chi connectivity index (χ3n) is 4.06. The number of hydrogen-bond acceptors (Lipinski definition) is 4. The fourth-order valence-corrected chi connectivity index (χ4v) is 2.60. The predicted molar refractivity (Wildman–Crippen MR) is 88.9 cm³/mol. The molecule has 0 radical (unpaired) electrons. The van der Waals surface area contributed by atoms with E-state index < -0.39 is 5.97 Å². The van der Waals surface area contributed by atoms with Gasteiger partial charge in [0.15, 0.2) is 0 Å². The maximum Gasteiger partial charge on any atom is 0.311 e. The van der Waals surface area contributed by atoms with Gasteiger partial charge in [0.1, 0.15) is 18.0 Å². The summed E-state index contributed by atoms with van der Waals surface area (Å²) in [6.07, 6.45) is 3.89. The van der Waals surface area contributed by atoms with Crippen molar-refractivity contribution in [3.63, 3.8) is 0 Å². The van der Waals surface area contributed by atoms with Gasteiger partial charge in [0, 0.05) is 23.5 Å². The Morgan fingerprint density at radius 1 is 1.25 bits per heavy atom. The molecule has 0 saturated heterocycles. The van der Waals surface area contributed by atoms with Crippen molar-refractivity contribution in [2.24, 2.45) is 0 Å². The Kier molecular flexibility index (Phi) is 4.22. The minimum absolute atomic E-state index is 0.0763. The SMILES string of the molecule is CC1(C)CCOc2ccc(C#Cc3cnc(CC(=O)O)nc3)cc21. The van der Waals surface area contributed by atoms with Gasteiger partial charge in [-0.15, -0.1) is 0 Å². The molecule has 0 spiro atoms. The van der Waals surface area contributed by atoms with Crippen molar-refractivity contribution >= 4 is 5.97 Å². The molecule has 24 heavy (non-hydrogen) atoms. The van der Waals surface area contributed by atoms with Crippen LogP contribution in [0.4, 0.5) is 0 Å². The second kappa shape index (κ2) is 6.32. The maximum atomic E-state index is 10.6. The maximum absolute atomic E-state index is 10.6. The summed E-state index contributed by atoms with van der Waals surface area (Å²) < 4.78 is 5.71. The average Bonchev–Trinajstić information content (AvgIpc) is 2.54. The molecule has 1 aromatic heterocycles. The number of aromatic nitrogens is 2. The summed E-state index contributed by atoms with van der Waals surface area (Å²) in [6.45, 7) is 5.16. The smallest absolute Gasteiger partial charge is 0.311 e. The first-order valence-corrected chi connectivity index (χ1v) is 7.76. The van der Waals surface area contributed by atoms with Crippen molar-refractivity contribution in [2.45, 2.75) is 32.1 Å². The third-order valence-corrected chi connectivity index (χ3v) is 4.06. The molecule has 2 aromatic rings. The van der Waals surface area contributed by atoms with Crippen LogP contribution in [0.25, 0.3) is 0 Å². The third kappa shape index (κ3) is 3.54.